The molecule has 18 heavy (non-hydrogen) atoms. The molecule has 0 aliphatic heterocycles. The summed E-state index contributed by atoms with van der Waals surface area (Å²) >= 11 is 0. The van der Waals surface area contributed by atoms with Crippen molar-refractivity contribution in [1.82, 2.24) is 4.98 Å². The van der Waals surface area contributed by atoms with Gasteiger partial charge < -0.3 is 10.1 Å². The van der Waals surface area contributed by atoms with Crippen LogP contribution in [0.3, 0.4) is 0 Å². The van der Waals surface area contributed by atoms with Crippen LogP contribution in [0.2, 0.25) is 0 Å². The Kier molecular flexibility index (Phi) is 2.94. The molecule has 88 valence electrons. The molecule has 5 nitrogen and oxygen atoms in total. The van der Waals surface area contributed by atoms with Crippen molar-refractivity contribution in [2.45, 2.75) is 0 Å². The molecule has 2 aromatic rings. The number of aromatic carboxylic acids is 1. The normalized spacial score (nSPS) is 9.56. The van der Waals surface area contributed by atoms with Gasteiger partial charge in [0.05, 0.1) is 0 Å². The maximum atomic E-state index is 11.9. The highest BCUT2D eigenvalue weighted by atomic mass is 16.4. The van der Waals surface area contributed by atoms with Gasteiger partial charge in [-0.2, -0.15) is 0 Å². The summed E-state index contributed by atoms with van der Waals surface area (Å²) in [7, 11) is 0. The number of hydrogen-bond donors (Lipinski definition) is 2. The summed E-state index contributed by atoms with van der Waals surface area (Å²) in [5.41, 5.74) is 0.0818. The Hall–Kier alpha value is -2.87. The molecule has 0 aliphatic rings. The number of carbonyl (C=O) groups is 2. The molecule has 1 heterocycles. The number of hydrogen-bond acceptors (Lipinski definition) is 3. The number of aldehydes is 1. The average molecular weight is 241 g/mol. The van der Waals surface area contributed by atoms with E-state index < -0.39 is 11.4 Å². The smallest absolute Gasteiger partial charge is 0.341 e. The van der Waals surface area contributed by atoms with E-state index in [0.717, 1.165) is 6.20 Å². The van der Waals surface area contributed by atoms with Gasteiger partial charge in [-0.25, -0.2) is 4.79 Å². The van der Waals surface area contributed by atoms with Crippen LogP contribution in [0.5, 0.6) is 0 Å². The first-order valence-corrected chi connectivity index (χ1v) is 4.97. The molecule has 0 amide bonds. The quantitative estimate of drug-likeness (QED) is 0.570. The van der Waals surface area contributed by atoms with Gasteiger partial charge in [0.2, 0.25) is 5.43 Å². The summed E-state index contributed by atoms with van der Waals surface area (Å²) in [6.07, 6.45) is 1.60. The maximum Gasteiger partial charge on any atom is 0.341 e. The molecule has 1 aromatic carbocycles. The number of benzene rings is 1. The van der Waals surface area contributed by atoms with Gasteiger partial charge in [0.1, 0.15) is 5.56 Å². The minimum absolute atomic E-state index is 0.229. The predicted octanol–water partition coefficient (Wildman–Crippen LogP) is 0.777. The van der Waals surface area contributed by atoms with Gasteiger partial charge in [-0.1, -0.05) is 5.92 Å². The number of pyridine rings is 1. The molecule has 2 N–H and O–H groups in total. The first kappa shape index (κ1) is 11.6. The molecule has 0 spiro atoms. The highest BCUT2D eigenvalue weighted by Crippen LogP contribution is 2.10. The minimum atomic E-state index is -1.29. The van der Waals surface area contributed by atoms with Gasteiger partial charge in [0.25, 0.3) is 0 Å². The summed E-state index contributed by atoms with van der Waals surface area (Å²) in [6.45, 7) is 0. The van der Waals surface area contributed by atoms with Crippen molar-refractivity contribution in [3.05, 3.63) is 45.7 Å². The van der Waals surface area contributed by atoms with Crippen LogP contribution in [0.25, 0.3) is 10.9 Å². The Bertz CT molecular complexity index is 762. The van der Waals surface area contributed by atoms with E-state index in [9.17, 15) is 14.4 Å². The van der Waals surface area contributed by atoms with Crippen LogP contribution in [-0.4, -0.2) is 22.3 Å². The number of fused-ring (bicyclic) bond motifs is 1. The second-order valence-corrected chi connectivity index (χ2v) is 3.48. The highest BCUT2D eigenvalue weighted by molar-refractivity contribution is 5.92. The van der Waals surface area contributed by atoms with E-state index in [4.69, 9.17) is 5.11 Å². The van der Waals surface area contributed by atoms with Gasteiger partial charge >= 0.3 is 5.97 Å². The number of aromatic amines is 1. The van der Waals surface area contributed by atoms with E-state index in [1.807, 2.05) is 0 Å². The van der Waals surface area contributed by atoms with E-state index in [2.05, 4.69) is 16.8 Å². The van der Waals surface area contributed by atoms with Gasteiger partial charge in [-0.15, -0.1) is 0 Å². The van der Waals surface area contributed by atoms with E-state index in [1.54, 1.807) is 12.1 Å². The first-order valence-electron chi connectivity index (χ1n) is 4.97. The fourth-order valence-corrected chi connectivity index (χ4v) is 1.57. The van der Waals surface area contributed by atoms with E-state index in [0.29, 0.717) is 17.4 Å². The van der Waals surface area contributed by atoms with Crippen LogP contribution < -0.4 is 5.43 Å². The van der Waals surface area contributed by atoms with Gasteiger partial charge in [0, 0.05) is 22.7 Å². The Morgan fingerprint density at radius 2 is 2.17 bits per heavy atom. The second kappa shape index (κ2) is 4.55. The summed E-state index contributed by atoms with van der Waals surface area (Å²) in [5, 5.41) is 9.07. The van der Waals surface area contributed by atoms with Gasteiger partial charge in [-0.3, -0.25) is 9.59 Å². The molecule has 0 fully saturated rings. The molecular weight excluding hydrogens is 234 g/mol. The number of carboxylic acids is 1. The lowest BCUT2D eigenvalue weighted by Crippen LogP contribution is -2.15. The lowest BCUT2D eigenvalue weighted by atomic mass is 10.1. The molecule has 2 rings (SSSR count). The van der Waals surface area contributed by atoms with Crippen molar-refractivity contribution < 1.29 is 14.7 Å². The topological polar surface area (TPSA) is 87.2 Å². The molecule has 5 heteroatoms. The number of rotatable bonds is 1. The molecule has 0 saturated carbocycles. The van der Waals surface area contributed by atoms with Crippen molar-refractivity contribution in [2.75, 3.05) is 0 Å². The van der Waals surface area contributed by atoms with Crippen LogP contribution in [-0.2, 0) is 4.79 Å². The molecular formula is C13H7NO4. The third-order valence-corrected chi connectivity index (χ3v) is 2.39. The molecule has 0 atom stereocenters. The predicted molar refractivity (Wildman–Crippen MR) is 64.5 cm³/mol. The molecule has 0 unspecified atom stereocenters. The lowest BCUT2D eigenvalue weighted by molar-refractivity contribution is -0.103. The Labute approximate surface area is 101 Å². The fraction of sp³-hybridized carbons (Fsp3) is 0. The number of carboxylic acid groups (broad SMARTS) is 1. The SMILES string of the molecule is O=CC#Cc1ccc2[nH]cc(C(=O)O)c(=O)c2c1. The lowest BCUT2D eigenvalue weighted by Gasteiger charge is -2.00. The van der Waals surface area contributed by atoms with Crippen molar-refractivity contribution >= 4 is 23.2 Å². The van der Waals surface area contributed by atoms with Crippen LogP contribution in [0.1, 0.15) is 15.9 Å². The van der Waals surface area contributed by atoms with Crippen molar-refractivity contribution in [3.63, 3.8) is 0 Å². The zero-order valence-corrected chi connectivity index (χ0v) is 9.06. The Morgan fingerprint density at radius 3 is 2.83 bits per heavy atom. The summed E-state index contributed by atoms with van der Waals surface area (Å²) in [4.78, 5) is 35.6. The van der Waals surface area contributed by atoms with Crippen molar-refractivity contribution in [2.24, 2.45) is 0 Å². The molecule has 0 saturated heterocycles. The third-order valence-electron chi connectivity index (χ3n) is 2.39. The van der Waals surface area contributed by atoms with Crippen molar-refractivity contribution in [1.29, 1.82) is 0 Å². The maximum absolute atomic E-state index is 11.9. The fourth-order valence-electron chi connectivity index (χ4n) is 1.57. The molecule has 1 aromatic heterocycles. The second-order valence-electron chi connectivity index (χ2n) is 3.48. The van der Waals surface area contributed by atoms with Crippen LogP contribution in [0.15, 0.2) is 29.2 Å². The third kappa shape index (κ3) is 1.99. The number of nitrogens with one attached hydrogen (secondary N) is 1. The van der Waals surface area contributed by atoms with Crippen LogP contribution >= 0.6 is 0 Å². The minimum Gasteiger partial charge on any atom is -0.477 e. The standard InChI is InChI=1S/C13H7NO4/c15-5-1-2-8-3-4-11-9(6-8)12(16)10(7-14-11)13(17)18/h3-7H,(H,14,16)(H,17,18). The number of carbonyl (C=O) groups excluding carboxylic acids is 1. The Balaban J connectivity index is 2.74. The van der Waals surface area contributed by atoms with E-state index in [-0.39, 0.29) is 10.9 Å². The summed E-state index contributed by atoms with van der Waals surface area (Å²) in [6, 6.07) is 4.70. The molecule has 0 bridgehead atoms. The number of aromatic nitrogens is 1. The summed E-state index contributed by atoms with van der Waals surface area (Å²) < 4.78 is 0. The van der Waals surface area contributed by atoms with Crippen LogP contribution in [0, 0.1) is 11.8 Å². The Morgan fingerprint density at radius 1 is 1.39 bits per heavy atom. The summed E-state index contributed by atoms with van der Waals surface area (Å²) in [5.74, 6) is 3.48. The van der Waals surface area contributed by atoms with Gasteiger partial charge in [-0.05, 0) is 24.1 Å². The monoisotopic (exact) mass is 241 g/mol. The zero-order valence-electron chi connectivity index (χ0n) is 9.06. The number of H-pyrrole nitrogens is 1. The van der Waals surface area contributed by atoms with Gasteiger partial charge in [0.15, 0.2) is 6.29 Å². The van der Waals surface area contributed by atoms with Crippen molar-refractivity contribution in [3.8, 4) is 11.8 Å². The van der Waals surface area contributed by atoms with Crippen LogP contribution in [0.4, 0.5) is 0 Å². The zero-order chi connectivity index (χ0) is 13.1. The average Bonchev–Trinajstić information content (AvgIpc) is 2.36. The first-order chi connectivity index (χ1) is 8.63. The molecule has 0 radical (unpaired) electrons. The van der Waals surface area contributed by atoms with E-state index >= 15 is 0 Å². The molecule has 0 aliphatic carbocycles. The largest absolute Gasteiger partial charge is 0.477 e. The van der Waals surface area contributed by atoms with E-state index in [1.165, 1.54) is 6.07 Å². The highest BCUT2D eigenvalue weighted by Gasteiger charge is 2.11.